The Hall–Kier alpha value is -1.02. The number of hydrogen-bond donors (Lipinski definition) is 1. The van der Waals surface area contributed by atoms with Crippen LogP contribution in [0.2, 0.25) is 0 Å². The Bertz CT molecular complexity index is 398. The second-order valence-corrected chi connectivity index (χ2v) is 5.59. The molecule has 0 aliphatic rings. The van der Waals surface area contributed by atoms with E-state index in [-0.39, 0.29) is 6.04 Å². The average molecular weight is 263 g/mol. The van der Waals surface area contributed by atoms with Crippen molar-refractivity contribution in [2.45, 2.75) is 65.8 Å². The van der Waals surface area contributed by atoms with Crippen molar-refractivity contribution in [3.63, 3.8) is 0 Å². The zero-order chi connectivity index (χ0) is 14.4. The number of aryl methyl sites for hydroxylation is 2. The molecule has 0 radical (unpaired) electrons. The summed E-state index contributed by atoms with van der Waals surface area (Å²) in [6.45, 7) is 11.4. The maximum absolute atomic E-state index is 5.90. The molecule has 2 atom stereocenters. The van der Waals surface area contributed by atoms with Gasteiger partial charge in [-0.2, -0.15) is 0 Å². The first kappa shape index (κ1) is 16.0. The van der Waals surface area contributed by atoms with Gasteiger partial charge in [-0.25, -0.2) is 0 Å². The van der Waals surface area contributed by atoms with Crippen molar-refractivity contribution in [3.8, 4) is 5.75 Å². The van der Waals surface area contributed by atoms with Crippen LogP contribution in [0, 0.1) is 13.8 Å². The zero-order valence-corrected chi connectivity index (χ0v) is 13.1. The molecule has 0 bridgehead atoms. The normalized spacial score (nSPS) is 14.2. The second kappa shape index (κ2) is 7.54. The van der Waals surface area contributed by atoms with Crippen molar-refractivity contribution in [1.82, 2.24) is 0 Å². The van der Waals surface area contributed by atoms with E-state index in [4.69, 9.17) is 10.5 Å². The molecule has 0 aliphatic carbocycles. The van der Waals surface area contributed by atoms with Crippen molar-refractivity contribution in [1.29, 1.82) is 0 Å². The smallest absolute Gasteiger partial charge is 0.125 e. The molecular formula is C17H29NO. The highest BCUT2D eigenvalue weighted by Gasteiger charge is 2.17. The molecule has 1 aromatic rings. The van der Waals surface area contributed by atoms with Gasteiger partial charge in [0.1, 0.15) is 5.75 Å². The maximum atomic E-state index is 5.90. The molecule has 2 heteroatoms. The van der Waals surface area contributed by atoms with Crippen molar-refractivity contribution < 1.29 is 4.74 Å². The third kappa shape index (κ3) is 4.54. The standard InChI is InChI=1S/C17H29NO/c1-6-15(9-8-14(5)18)16-11-12(3)10-13(4)17(16)19-7-2/h10-11,14-15H,6-9,18H2,1-5H3. The van der Waals surface area contributed by atoms with Crippen LogP contribution in [0.25, 0.3) is 0 Å². The van der Waals surface area contributed by atoms with Gasteiger partial charge in [0.2, 0.25) is 0 Å². The Morgan fingerprint density at radius 1 is 1.16 bits per heavy atom. The Morgan fingerprint density at radius 2 is 1.84 bits per heavy atom. The summed E-state index contributed by atoms with van der Waals surface area (Å²) >= 11 is 0. The van der Waals surface area contributed by atoms with Crippen LogP contribution in [0.1, 0.15) is 62.6 Å². The van der Waals surface area contributed by atoms with Crippen LogP contribution in [0.15, 0.2) is 12.1 Å². The minimum Gasteiger partial charge on any atom is -0.493 e. The molecule has 0 fully saturated rings. The van der Waals surface area contributed by atoms with Gasteiger partial charge >= 0.3 is 0 Å². The molecule has 0 saturated heterocycles. The first-order valence-electron chi connectivity index (χ1n) is 7.49. The molecule has 2 N–H and O–H groups in total. The van der Waals surface area contributed by atoms with Crippen LogP contribution in [-0.4, -0.2) is 12.6 Å². The summed E-state index contributed by atoms with van der Waals surface area (Å²) in [7, 11) is 0. The topological polar surface area (TPSA) is 35.2 Å². The molecule has 2 nitrogen and oxygen atoms in total. The number of nitrogens with two attached hydrogens (primary N) is 1. The summed E-state index contributed by atoms with van der Waals surface area (Å²) in [4.78, 5) is 0. The lowest BCUT2D eigenvalue weighted by atomic mass is 9.88. The Morgan fingerprint density at radius 3 is 2.37 bits per heavy atom. The summed E-state index contributed by atoms with van der Waals surface area (Å²) in [5, 5.41) is 0. The number of ether oxygens (including phenoxy) is 1. The van der Waals surface area contributed by atoms with E-state index in [2.05, 4.69) is 39.8 Å². The lowest BCUT2D eigenvalue weighted by Gasteiger charge is -2.22. The molecule has 0 aromatic heterocycles. The fraction of sp³-hybridized carbons (Fsp3) is 0.647. The van der Waals surface area contributed by atoms with Gasteiger partial charge in [0.25, 0.3) is 0 Å². The molecular weight excluding hydrogens is 234 g/mol. The Kier molecular flexibility index (Phi) is 6.36. The third-order valence-corrected chi connectivity index (χ3v) is 3.64. The summed E-state index contributed by atoms with van der Waals surface area (Å²) in [6, 6.07) is 4.76. The van der Waals surface area contributed by atoms with Gasteiger partial charge in [0.15, 0.2) is 0 Å². The summed E-state index contributed by atoms with van der Waals surface area (Å²) < 4.78 is 5.88. The molecule has 0 aliphatic heterocycles. The van der Waals surface area contributed by atoms with Crippen molar-refractivity contribution in [2.75, 3.05) is 6.61 Å². The van der Waals surface area contributed by atoms with E-state index >= 15 is 0 Å². The van der Waals surface area contributed by atoms with Gasteiger partial charge in [-0.3, -0.25) is 0 Å². The molecule has 1 rings (SSSR count). The van der Waals surface area contributed by atoms with Crippen molar-refractivity contribution in [2.24, 2.45) is 5.73 Å². The molecule has 0 heterocycles. The van der Waals surface area contributed by atoms with E-state index in [9.17, 15) is 0 Å². The van der Waals surface area contributed by atoms with Gasteiger partial charge in [0.05, 0.1) is 6.61 Å². The summed E-state index contributed by atoms with van der Waals surface area (Å²) in [5.41, 5.74) is 9.82. The van der Waals surface area contributed by atoms with Crippen LogP contribution in [0.4, 0.5) is 0 Å². The Balaban J connectivity index is 3.06. The van der Waals surface area contributed by atoms with E-state index in [1.807, 2.05) is 6.92 Å². The first-order valence-corrected chi connectivity index (χ1v) is 7.49. The van der Waals surface area contributed by atoms with Gasteiger partial charge in [0, 0.05) is 6.04 Å². The molecule has 2 unspecified atom stereocenters. The van der Waals surface area contributed by atoms with Crippen LogP contribution >= 0.6 is 0 Å². The summed E-state index contributed by atoms with van der Waals surface area (Å²) in [5.74, 6) is 1.63. The fourth-order valence-corrected chi connectivity index (χ4v) is 2.68. The van der Waals surface area contributed by atoms with Gasteiger partial charge in [-0.05, 0) is 64.0 Å². The highest BCUT2D eigenvalue weighted by Crippen LogP contribution is 2.36. The first-order chi connectivity index (χ1) is 8.99. The van der Waals surface area contributed by atoms with E-state index in [1.165, 1.54) is 16.7 Å². The molecule has 19 heavy (non-hydrogen) atoms. The van der Waals surface area contributed by atoms with Gasteiger partial charge in [-0.15, -0.1) is 0 Å². The van der Waals surface area contributed by atoms with Gasteiger partial charge < -0.3 is 10.5 Å². The van der Waals surface area contributed by atoms with E-state index in [0.29, 0.717) is 5.92 Å². The lowest BCUT2D eigenvalue weighted by Crippen LogP contribution is -2.16. The highest BCUT2D eigenvalue weighted by molar-refractivity contribution is 5.45. The van der Waals surface area contributed by atoms with E-state index < -0.39 is 0 Å². The highest BCUT2D eigenvalue weighted by atomic mass is 16.5. The molecule has 0 spiro atoms. The predicted molar refractivity (Wildman–Crippen MR) is 83.0 cm³/mol. The van der Waals surface area contributed by atoms with E-state index in [1.54, 1.807) is 0 Å². The van der Waals surface area contributed by atoms with E-state index in [0.717, 1.165) is 31.6 Å². The van der Waals surface area contributed by atoms with Crippen molar-refractivity contribution >= 4 is 0 Å². The quantitative estimate of drug-likeness (QED) is 0.795. The maximum Gasteiger partial charge on any atom is 0.125 e. The largest absolute Gasteiger partial charge is 0.493 e. The number of hydrogen-bond acceptors (Lipinski definition) is 2. The van der Waals surface area contributed by atoms with Crippen LogP contribution in [0.5, 0.6) is 5.75 Å². The minimum atomic E-state index is 0.274. The molecule has 108 valence electrons. The monoisotopic (exact) mass is 263 g/mol. The number of rotatable bonds is 7. The SMILES string of the molecule is CCOc1c(C)cc(C)cc1C(CC)CCC(C)N. The number of benzene rings is 1. The van der Waals surface area contributed by atoms with Crippen LogP contribution in [0.3, 0.4) is 0 Å². The van der Waals surface area contributed by atoms with Crippen LogP contribution < -0.4 is 10.5 Å². The van der Waals surface area contributed by atoms with Crippen molar-refractivity contribution in [3.05, 3.63) is 28.8 Å². The lowest BCUT2D eigenvalue weighted by molar-refractivity contribution is 0.329. The van der Waals surface area contributed by atoms with Gasteiger partial charge in [-0.1, -0.05) is 24.6 Å². The molecule has 0 amide bonds. The third-order valence-electron chi connectivity index (χ3n) is 3.64. The predicted octanol–water partition coefficient (Wildman–Crippen LogP) is 4.32. The summed E-state index contributed by atoms with van der Waals surface area (Å²) in [6.07, 6.45) is 3.34. The minimum absolute atomic E-state index is 0.274. The van der Waals surface area contributed by atoms with Crippen LogP contribution in [-0.2, 0) is 0 Å². The zero-order valence-electron chi connectivity index (χ0n) is 13.1. The Labute approximate surface area is 118 Å². The molecule has 0 saturated carbocycles. The second-order valence-electron chi connectivity index (χ2n) is 5.59. The fourth-order valence-electron chi connectivity index (χ4n) is 2.68. The molecule has 1 aromatic carbocycles. The average Bonchev–Trinajstić information content (AvgIpc) is 2.33.